The third kappa shape index (κ3) is 3.49. The number of hydrogen-bond donors (Lipinski definition) is 2. The van der Waals surface area contributed by atoms with Gasteiger partial charge in [-0.05, 0) is 25.0 Å². The molecule has 102 valence electrons. The van der Waals surface area contributed by atoms with Crippen LogP contribution in [-0.4, -0.2) is 18.4 Å². The van der Waals surface area contributed by atoms with Gasteiger partial charge in [-0.25, -0.2) is 8.78 Å². The van der Waals surface area contributed by atoms with Gasteiger partial charge in [0.05, 0.1) is 12.2 Å². The number of carbonyl (C=O) groups is 2. The molecule has 0 bridgehead atoms. The van der Waals surface area contributed by atoms with Crippen molar-refractivity contribution in [2.24, 2.45) is 5.92 Å². The topological polar surface area (TPSA) is 58.2 Å². The zero-order chi connectivity index (χ0) is 13.8. The highest BCUT2D eigenvalue weighted by Crippen LogP contribution is 2.26. The molecule has 1 aromatic rings. The largest absolute Gasteiger partial charge is 0.347 e. The van der Waals surface area contributed by atoms with E-state index >= 15 is 0 Å². The Morgan fingerprint density at radius 2 is 2.00 bits per heavy atom. The van der Waals surface area contributed by atoms with E-state index in [9.17, 15) is 18.4 Å². The molecule has 1 aliphatic rings. The molecule has 2 amide bonds. The lowest BCUT2D eigenvalue weighted by Gasteiger charge is -2.23. The summed E-state index contributed by atoms with van der Waals surface area (Å²) >= 11 is 0. The van der Waals surface area contributed by atoms with Gasteiger partial charge in [0.15, 0.2) is 0 Å². The number of halogens is 2. The second kappa shape index (κ2) is 5.77. The Morgan fingerprint density at radius 3 is 2.58 bits per heavy atom. The van der Waals surface area contributed by atoms with Crippen molar-refractivity contribution in [1.29, 1.82) is 0 Å². The van der Waals surface area contributed by atoms with E-state index in [1.54, 1.807) is 0 Å². The Kier molecular flexibility index (Phi) is 4.09. The maximum absolute atomic E-state index is 13.3. The molecule has 0 heterocycles. The Hall–Kier alpha value is -1.98. The summed E-state index contributed by atoms with van der Waals surface area (Å²) in [5.74, 6) is -2.26. The number of carbonyl (C=O) groups excluding carboxylic acids is 2. The molecule has 19 heavy (non-hydrogen) atoms. The van der Waals surface area contributed by atoms with Crippen LogP contribution in [0.3, 0.4) is 0 Å². The van der Waals surface area contributed by atoms with Gasteiger partial charge in [-0.1, -0.05) is 6.42 Å². The molecule has 0 unspecified atom stereocenters. The summed E-state index contributed by atoms with van der Waals surface area (Å²) in [4.78, 5) is 23.0. The average molecular weight is 268 g/mol. The molecule has 6 heteroatoms. The van der Waals surface area contributed by atoms with E-state index in [0.29, 0.717) is 6.07 Å². The molecule has 1 aromatic carbocycles. The fourth-order valence-electron chi connectivity index (χ4n) is 1.77. The number of rotatable bonds is 4. The molecule has 1 fully saturated rings. The molecular weight excluding hydrogens is 254 g/mol. The first-order valence-electron chi connectivity index (χ1n) is 6.09. The lowest BCUT2D eigenvalue weighted by atomic mass is 9.85. The van der Waals surface area contributed by atoms with E-state index in [2.05, 4.69) is 10.6 Å². The van der Waals surface area contributed by atoms with Gasteiger partial charge in [-0.15, -0.1) is 0 Å². The molecule has 0 saturated heterocycles. The minimum absolute atomic E-state index is 0.00430. The van der Waals surface area contributed by atoms with Crippen molar-refractivity contribution in [2.45, 2.75) is 19.3 Å². The van der Waals surface area contributed by atoms with Gasteiger partial charge in [0, 0.05) is 12.0 Å². The van der Waals surface area contributed by atoms with E-state index in [1.807, 2.05) is 0 Å². The van der Waals surface area contributed by atoms with Gasteiger partial charge < -0.3 is 10.6 Å². The van der Waals surface area contributed by atoms with Crippen molar-refractivity contribution in [3.05, 3.63) is 29.8 Å². The highest BCUT2D eigenvalue weighted by atomic mass is 19.1. The molecule has 2 rings (SSSR count). The summed E-state index contributed by atoms with van der Waals surface area (Å²) in [5.41, 5.74) is -0.107. The number of anilines is 1. The third-order valence-corrected chi connectivity index (χ3v) is 3.10. The Bertz CT molecular complexity index is 501. The highest BCUT2D eigenvalue weighted by molar-refractivity contribution is 5.94. The summed E-state index contributed by atoms with van der Waals surface area (Å²) in [6.45, 7) is -0.216. The zero-order valence-corrected chi connectivity index (χ0v) is 10.2. The monoisotopic (exact) mass is 268 g/mol. The first kappa shape index (κ1) is 13.5. The second-order valence-corrected chi connectivity index (χ2v) is 4.52. The SMILES string of the molecule is O=C(CNC(=O)C1CCC1)Nc1ccc(F)cc1F. The van der Waals surface area contributed by atoms with E-state index in [4.69, 9.17) is 0 Å². The van der Waals surface area contributed by atoms with Crippen molar-refractivity contribution in [2.75, 3.05) is 11.9 Å². The molecule has 0 aromatic heterocycles. The van der Waals surface area contributed by atoms with Gasteiger partial charge in [0.1, 0.15) is 11.6 Å². The maximum atomic E-state index is 13.3. The van der Waals surface area contributed by atoms with Crippen LogP contribution >= 0.6 is 0 Å². The van der Waals surface area contributed by atoms with Gasteiger partial charge in [-0.2, -0.15) is 0 Å². The molecule has 4 nitrogen and oxygen atoms in total. The van der Waals surface area contributed by atoms with Gasteiger partial charge in [0.2, 0.25) is 11.8 Å². The molecular formula is C13H14F2N2O2. The van der Waals surface area contributed by atoms with Crippen LogP contribution < -0.4 is 10.6 Å². The van der Waals surface area contributed by atoms with E-state index in [0.717, 1.165) is 31.4 Å². The lowest BCUT2D eigenvalue weighted by molar-refractivity contribution is -0.129. The summed E-state index contributed by atoms with van der Waals surface area (Å²) < 4.78 is 25.9. The summed E-state index contributed by atoms with van der Waals surface area (Å²) in [5, 5.41) is 4.76. The molecule has 0 aliphatic heterocycles. The van der Waals surface area contributed by atoms with E-state index in [-0.39, 0.29) is 24.1 Å². The van der Waals surface area contributed by atoms with E-state index in [1.165, 1.54) is 0 Å². The Balaban J connectivity index is 1.81. The number of nitrogens with one attached hydrogen (secondary N) is 2. The van der Waals surface area contributed by atoms with Crippen LogP contribution in [0.25, 0.3) is 0 Å². The second-order valence-electron chi connectivity index (χ2n) is 4.52. The van der Waals surface area contributed by atoms with Gasteiger partial charge >= 0.3 is 0 Å². The standard InChI is InChI=1S/C13H14F2N2O2/c14-9-4-5-11(10(15)6-9)17-12(18)7-16-13(19)8-2-1-3-8/h4-6,8H,1-3,7H2,(H,16,19)(H,17,18). The minimum atomic E-state index is -0.848. The smallest absolute Gasteiger partial charge is 0.243 e. The molecule has 2 N–H and O–H groups in total. The van der Waals surface area contributed by atoms with Gasteiger partial charge in [-0.3, -0.25) is 9.59 Å². The Morgan fingerprint density at radius 1 is 1.26 bits per heavy atom. The highest BCUT2D eigenvalue weighted by Gasteiger charge is 2.25. The van der Waals surface area contributed by atoms with E-state index < -0.39 is 17.5 Å². The molecule has 1 saturated carbocycles. The Labute approximate surface area is 109 Å². The third-order valence-electron chi connectivity index (χ3n) is 3.10. The summed E-state index contributed by atoms with van der Waals surface area (Å²) in [7, 11) is 0. The van der Waals surface area contributed by atoms with Crippen molar-refractivity contribution in [3.8, 4) is 0 Å². The van der Waals surface area contributed by atoms with Crippen LogP contribution in [0.15, 0.2) is 18.2 Å². The molecule has 0 atom stereocenters. The molecule has 1 aliphatic carbocycles. The van der Waals surface area contributed by atoms with Crippen LogP contribution in [0.1, 0.15) is 19.3 Å². The average Bonchev–Trinajstić information content (AvgIpc) is 2.28. The number of hydrogen-bond acceptors (Lipinski definition) is 2. The van der Waals surface area contributed by atoms with Crippen molar-refractivity contribution in [3.63, 3.8) is 0 Å². The first-order valence-corrected chi connectivity index (χ1v) is 6.09. The fourth-order valence-corrected chi connectivity index (χ4v) is 1.77. The quantitative estimate of drug-likeness (QED) is 0.875. The normalized spacial score (nSPS) is 14.6. The van der Waals surface area contributed by atoms with Crippen molar-refractivity contribution >= 4 is 17.5 Å². The maximum Gasteiger partial charge on any atom is 0.243 e. The fraction of sp³-hybridized carbons (Fsp3) is 0.385. The van der Waals surface area contributed by atoms with Crippen molar-refractivity contribution in [1.82, 2.24) is 5.32 Å². The molecule has 0 radical (unpaired) electrons. The predicted octanol–water partition coefficient (Wildman–Crippen LogP) is 1.82. The lowest BCUT2D eigenvalue weighted by Crippen LogP contribution is -2.39. The summed E-state index contributed by atoms with van der Waals surface area (Å²) in [6.07, 6.45) is 2.73. The predicted molar refractivity (Wildman–Crippen MR) is 65.3 cm³/mol. The van der Waals surface area contributed by atoms with Crippen LogP contribution in [-0.2, 0) is 9.59 Å². The minimum Gasteiger partial charge on any atom is -0.347 e. The van der Waals surface area contributed by atoms with Crippen LogP contribution in [0.2, 0.25) is 0 Å². The van der Waals surface area contributed by atoms with Gasteiger partial charge in [0.25, 0.3) is 0 Å². The number of benzene rings is 1. The van der Waals surface area contributed by atoms with Crippen LogP contribution in [0.5, 0.6) is 0 Å². The summed E-state index contributed by atoms with van der Waals surface area (Å²) in [6, 6.07) is 2.87. The first-order chi connectivity index (χ1) is 9.06. The van der Waals surface area contributed by atoms with Crippen LogP contribution in [0, 0.1) is 17.6 Å². The molecule has 0 spiro atoms. The number of amides is 2. The van der Waals surface area contributed by atoms with Crippen molar-refractivity contribution < 1.29 is 18.4 Å². The zero-order valence-electron chi connectivity index (χ0n) is 10.2. The van der Waals surface area contributed by atoms with Crippen LogP contribution in [0.4, 0.5) is 14.5 Å².